The molecule has 33 heavy (non-hydrogen) atoms. The Kier molecular flexibility index (Phi) is 26.1. The van der Waals surface area contributed by atoms with Crippen LogP contribution in [0.15, 0.2) is 12.2 Å². The lowest BCUT2D eigenvalue weighted by molar-refractivity contribution is 0.251. The minimum Gasteiger partial charge on any atom is -0.306 e. The summed E-state index contributed by atoms with van der Waals surface area (Å²) in [6, 6.07) is 0.815. The highest BCUT2D eigenvalue weighted by molar-refractivity contribution is 4.83. The summed E-state index contributed by atoms with van der Waals surface area (Å²) in [6.45, 7) is 7.02. The molecule has 0 amide bonds. The molecule has 0 rings (SSSR count). The molecule has 0 saturated heterocycles. The summed E-state index contributed by atoms with van der Waals surface area (Å²) in [7, 11) is 4.57. The SMILES string of the molecule is CCCCC/C=C\CC(C)CCCCCCCCCCCC(CCCCCCCC)N(C)C. The van der Waals surface area contributed by atoms with Gasteiger partial charge in [-0.1, -0.05) is 148 Å². The molecule has 0 aliphatic carbocycles. The Labute approximate surface area is 211 Å². The van der Waals surface area contributed by atoms with Crippen molar-refractivity contribution < 1.29 is 0 Å². The van der Waals surface area contributed by atoms with Crippen LogP contribution in [-0.4, -0.2) is 25.0 Å². The Balaban J connectivity index is 3.46. The standard InChI is InChI=1S/C32H65N/c1-6-8-10-12-19-23-27-31(3)28-24-20-17-15-14-16-18-22-26-30-32(33(4)5)29-25-21-13-11-9-7-2/h19,23,31-32H,6-18,20-22,24-30H2,1-5H3/b23-19-. The second kappa shape index (κ2) is 26.3. The molecule has 0 aliphatic rings. The first-order chi connectivity index (χ1) is 16.1. The van der Waals surface area contributed by atoms with Gasteiger partial charge in [-0.05, 0) is 52.1 Å². The molecular weight excluding hydrogens is 398 g/mol. The number of hydrogen-bond acceptors (Lipinski definition) is 1. The van der Waals surface area contributed by atoms with Crippen molar-refractivity contribution in [2.75, 3.05) is 14.1 Å². The fourth-order valence-electron chi connectivity index (χ4n) is 5.01. The van der Waals surface area contributed by atoms with E-state index in [-0.39, 0.29) is 0 Å². The number of unbranched alkanes of at least 4 members (excludes halogenated alkanes) is 16. The van der Waals surface area contributed by atoms with Crippen LogP contribution in [-0.2, 0) is 0 Å². The molecule has 0 N–H and O–H groups in total. The van der Waals surface area contributed by atoms with E-state index in [1.165, 1.54) is 148 Å². The van der Waals surface area contributed by atoms with E-state index < -0.39 is 0 Å². The van der Waals surface area contributed by atoms with E-state index in [9.17, 15) is 0 Å². The van der Waals surface area contributed by atoms with Crippen LogP contribution < -0.4 is 0 Å². The highest BCUT2D eigenvalue weighted by atomic mass is 15.1. The summed E-state index contributed by atoms with van der Waals surface area (Å²) in [5.41, 5.74) is 0. The lowest BCUT2D eigenvalue weighted by atomic mass is 9.98. The predicted molar refractivity (Wildman–Crippen MR) is 153 cm³/mol. The van der Waals surface area contributed by atoms with Gasteiger partial charge < -0.3 is 4.90 Å². The van der Waals surface area contributed by atoms with Crippen molar-refractivity contribution in [2.24, 2.45) is 5.92 Å². The molecule has 198 valence electrons. The fourth-order valence-corrected chi connectivity index (χ4v) is 5.01. The maximum atomic E-state index is 2.48. The molecule has 0 spiro atoms. The van der Waals surface area contributed by atoms with Gasteiger partial charge in [0, 0.05) is 6.04 Å². The van der Waals surface area contributed by atoms with Gasteiger partial charge in [-0.15, -0.1) is 0 Å². The summed E-state index contributed by atoms with van der Waals surface area (Å²) in [5, 5.41) is 0. The van der Waals surface area contributed by atoms with Gasteiger partial charge in [-0.2, -0.15) is 0 Å². The Hall–Kier alpha value is -0.300. The molecule has 0 bridgehead atoms. The molecule has 0 aromatic rings. The number of hydrogen-bond donors (Lipinski definition) is 0. The summed E-state index contributed by atoms with van der Waals surface area (Å²) in [4.78, 5) is 2.48. The Morgan fingerprint density at radius 3 is 1.42 bits per heavy atom. The highest BCUT2D eigenvalue weighted by Gasteiger charge is 2.10. The van der Waals surface area contributed by atoms with E-state index in [1.54, 1.807) is 0 Å². The van der Waals surface area contributed by atoms with Gasteiger partial charge >= 0.3 is 0 Å². The zero-order valence-corrected chi connectivity index (χ0v) is 24.0. The molecule has 0 aromatic carbocycles. The molecule has 2 unspecified atom stereocenters. The lowest BCUT2D eigenvalue weighted by Gasteiger charge is -2.24. The third kappa shape index (κ3) is 24.6. The summed E-state index contributed by atoms with van der Waals surface area (Å²) in [6.07, 6.45) is 37.4. The Morgan fingerprint density at radius 1 is 0.515 bits per heavy atom. The van der Waals surface area contributed by atoms with Crippen LogP contribution in [0.5, 0.6) is 0 Å². The smallest absolute Gasteiger partial charge is 0.00891 e. The monoisotopic (exact) mass is 464 g/mol. The molecule has 0 heterocycles. The highest BCUT2D eigenvalue weighted by Crippen LogP contribution is 2.18. The molecule has 0 aromatic heterocycles. The zero-order chi connectivity index (χ0) is 24.4. The molecule has 0 saturated carbocycles. The summed E-state index contributed by atoms with van der Waals surface area (Å²) >= 11 is 0. The average Bonchev–Trinajstić information content (AvgIpc) is 2.80. The first-order valence-electron chi connectivity index (χ1n) is 15.4. The number of nitrogens with zero attached hydrogens (tertiary/aromatic N) is 1. The van der Waals surface area contributed by atoms with Crippen molar-refractivity contribution in [1.29, 1.82) is 0 Å². The van der Waals surface area contributed by atoms with Crippen molar-refractivity contribution in [3.05, 3.63) is 12.2 Å². The van der Waals surface area contributed by atoms with Crippen molar-refractivity contribution in [2.45, 2.75) is 174 Å². The van der Waals surface area contributed by atoms with Crippen LogP contribution in [0.4, 0.5) is 0 Å². The van der Waals surface area contributed by atoms with Crippen molar-refractivity contribution in [1.82, 2.24) is 4.90 Å². The molecular formula is C32H65N. The minimum atomic E-state index is 0.815. The van der Waals surface area contributed by atoms with Crippen LogP contribution in [0.3, 0.4) is 0 Å². The fraction of sp³-hybridized carbons (Fsp3) is 0.938. The summed E-state index contributed by atoms with van der Waals surface area (Å²) < 4.78 is 0. The van der Waals surface area contributed by atoms with Gasteiger partial charge in [0.15, 0.2) is 0 Å². The molecule has 0 radical (unpaired) electrons. The molecule has 1 nitrogen and oxygen atoms in total. The van der Waals surface area contributed by atoms with Crippen LogP contribution in [0.1, 0.15) is 168 Å². The van der Waals surface area contributed by atoms with E-state index in [2.05, 4.69) is 51.9 Å². The lowest BCUT2D eigenvalue weighted by Crippen LogP contribution is -2.27. The number of rotatable bonds is 26. The molecule has 1 heteroatoms. The molecule has 2 atom stereocenters. The van der Waals surface area contributed by atoms with E-state index >= 15 is 0 Å². The van der Waals surface area contributed by atoms with Crippen molar-refractivity contribution in [3.63, 3.8) is 0 Å². The third-order valence-electron chi connectivity index (χ3n) is 7.53. The van der Waals surface area contributed by atoms with Crippen LogP contribution in [0, 0.1) is 5.92 Å². The average molecular weight is 464 g/mol. The van der Waals surface area contributed by atoms with Gasteiger partial charge in [-0.3, -0.25) is 0 Å². The first kappa shape index (κ1) is 32.7. The van der Waals surface area contributed by atoms with E-state index in [0.29, 0.717) is 0 Å². The topological polar surface area (TPSA) is 3.24 Å². The molecule has 0 aliphatic heterocycles. The van der Waals surface area contributed by atoms with Gasteiger partial charge in [0.2, 0.25) is 0 Å². The second-order valence-electron chi connectivity index (χ2n) is 11.2. The van der Waals surface area contributed by atoms with Crippen molar-refractivity contribution in [3.8, 4) is 0 Å². The second-order valence-corrected chi connectivity index (χ2v) is 11.2. The van der Waals surface area contributed by atoms with E-state index in [0.717, 1.165) is 12.0 Å². The number of allylic oxidation sites excluding steroid dienone is 2. The van der Waals surface area contributed by atoms with Gasteiger partial charge in [0.1, 0.15) is 0 Å². The largest absolute Gasteiger partial charge is 0.306 e. The quantitative estimate of drug-likeness (QED) is 0.0910. The maximum Gasteiger partial charge on any atom is 0.00891 e. The van der Waals surface area contributed by atoms with Crippen molar-refractivity contribution >= 4 is 0 Å². The first-order valence-corrected chi connectivity index (χ1v) is 15.4. The molecule has 0 fully saturated rings. The Bertz CT molecular complexity index is 386. The Morgan fingerprint density at radius 2 is 0.939 bits per heavy atom. The minimum absolute atomic E-state index is 0.815. The van der Waals surface area contributed by atoms with Crippen LogP contribution >= 0.6 is 0 Å². The zero-order valence-electron chi connectivity index (χ0n) is 24.0. The van der Waals surface area contributed by atoms with Crippen LogP contribution in [0.2, 0.25) is 0 Å². The summed E-state index contributed by atoms with van der Waals surface area (Å²) in [5.74, 6) is 0.875. The predicted octanol–water partition coefficient (Wildman–Crippen LogP) is 11.1. The van der Waals surface area contributed by atoms with Gasteiger partial charge in [0.05, 0.1) is 0 Å². The van der Waals surface area contributed by atoms with Gasteiger partial charge in [-0.25, -0.2) is 0 Å². The maximum absolute atomic E-state index is 2.48. The van der Waals surface area contributed by atoms with E-state index in [4.69, 9.17) is 0 Å². The van der Waals surface area contributed by atoms with Crippen LogP contribution in [0.25, 0.3) is 0 Å². The normalized spacial score (nSPS) is 13.9. The third-order valence-corrected chi connectivity index (χ3v) is 7.53. The van der Waals surface area contributed by atoms with Gasteiger partial charge in [0.25, 0.3) is 0 Å². The van der Waals surface area contributed by atoms with E-state index in [1.807, 2.05) is 0 Å².